The summed E-state index contributed by atoms with van der Waals surface area (Å²) in [5.41, 5.74) is 2.57. The van der Waals surface area contributed by atoms with Crippen molar-refractivity contribution in [1.29, 1.82) is 0 Å². The minimum Gasteiger partial charge on any atom is -0.496 e. The van der Waals surface area contributed by atoms with E-state index >= 15 is 0 Å². The number of ether oxygens (including phenoxy) is 2. The monoisotopic (exact) mass is 369 g/mol. The summed E-state index contributed by atoms with van der Waals surface area (Å²) in [7, 11) is 1.65. The average molecular weight is 369 g/mol. The fourth-order valence-electron chi connectivity index (χ4n) is 2.84. The van der Waals surface area contributed by atoms with Crippen molar-refractivity contribution in [3.8, 4) is 28.5 Å². The van der Waals surface area contributed by atoms with Gasteiger partial charge in [-0.25, -0.2) is 9.97 Å². The average Bonchev–Trinajstić information content (AvgIpc) is 2.75. The second-order valence-corrected chi connectivity index (χ2v) is 6.06. The third kappa shape index (κ3) is 4.10. The highest BCUT2D eigenvalue weighted by Gasteiger charge is 2.08. The van der Waals surface area contributed by atoms with Crippen molar-refractivity contribution in [3.05, 3.63) is 91.3 Å². The summed E-state index contributed by atoms with van der Waals surface area (Å²) in [4.78, 5) is 8.70. The summed E-state index contributed by atoms with van der Waals surface area (Å²) in [5, 5.41) is 3.31. The van der Waals surface area contributed by atoms with Crippen molar-refractivity contribution in [2.75, 3.05) is 12.4 Å². The van der Waals surface area contributed by atoms with Crippen LogP contribution >= 0.6 is 0 Å². The minimum atomic E-state index is 0.688. The number of nitrogens with zero attached hydrogens (tertiary/aromatic N) is 2. The van der Waals surface area contributed by atoms with E-state index in [2.05, 4.69) is 15.3 Å². The molecule has 138 valence electrons. The molecule has 1 N–H and O–H groups in total. The van der Waals surface area contributed by atoms with Crippen molar-refractivity contribution in [2.45, 2.75) is 0 Å². The Hall–Kier alpha value is -3.86. The van der Waals surface area contributed by atoms with E-state index in [9.17, 15) is 0 Å². The maximum absolute atomic E-state index is 5.89. The Morgan fingerprint density at radius 1 is 0.750 bits per heavy atom. The van der Waals surface area contributed by atoms with E-state index < -0.39 is 0 Å². The quantitative estimate of drug-likeness (QED) is 0.473. The zero-order valence-electron chi connectivity index (χ0n) is 15.4. The van der Waals surface area contributed by atoms with E-state index in [1.165, 1.54) is 6.33 Å². The fraction of sp³-hybridized carbons (Fsp3) is 0.0435. The van der Waals surface area contributed by atoms with Crippen molar-refractivity contribution in [1.82, 2.24) is 9.97 Å². The number of anilines is 2. The van der Waals surface area contributed by atoms with E-state index in [4.69, 9.17) is 9.47 Å². The number of rotatable bonds is 6. The van der Waals surface area contributed by atoms with Crippen LogP contribution in [0.15, 0.2) is 91.3 Å². The molecular weight excluding hydrogens is 350 g/mol. The van der Waals surface area contributed by atoms with Gasteiger partial charge in [-0.2, -0.15) is 0 Å². The maximum atomic E-state index is 5.89. The van der Waals surface area contributed by atoms with Gasteiger partial charge in [-0.1, -0.05) is 36.4 Å². The summed E-state index contributed by atoms with van der Waals surface area (Å²) in [5.74, 6) is 2.99. The molecule has 28 heavy (non-hydrogen) atoms. The number of hydrogen-bond donors (Lipinski definition) is 1. The molecule has 3 aromatic carbocycles. The molecular formula is C23H19N3O2. The van der Waals surface area contributed by atoms with Crippen LogP contribution in [0.5, 0.6) is 17.2 Å². The van der Waals surface area contributed by atoms with Gasteiger partial charge in [-0.3, -0.25) is 0 Å². The molecule has 5 heteroatoms. The van der Waals surface area contributed by atoms with Gasteiger partial charge in [0, 0.05) is 23.4 Å². The number of aromatic nitrogens is 2. The van der Waals surface area contributed by atoms with Gasteiger partial charge >= 0.3 is 0 Å². The number of para-hydroxylation sites is 2. The minimum absolute atomic E-state index is 0.688. The predicted octanol–water partition coefficient (Wildman–Crippen LogP) is 5.69. The van der Waals surface area contributed by atoms with Crippen LogP contribution in [0.4, 0.5) is 11.5 Å². The Kier molecular flexibility index (Phi) is 5.15. The maximum Gasteiger partial charge on any atom is 0.134 e. The molecule has 0 aliphatic rings. The molecule has 0 saturated heterocycles. The molecule has 1 aromatic heterocycles. The lowest BCUT2D eigenvalue weighted by atomic mass is 10.1. The van der Waals surface area contributed by atoms with Crippen LogP contribution in [0, 0.1) is 0 Å². The SMILES string of the molecule is COc1ccccc1-c1cc(Nc2cccc(Oc3ccccc3)c2)ncn1. The van der Waals surface area contributed by atoms with Crippen LogP contribution in [0.25, 0.3) is 11.3 Å². The first-order valence-electron chi connectivity index (χ1n) is 8.87. The van der Waals surface area contributed by atoms with E-state index in [-0.39, 0.29) is 0 Å². The van der Waals surface area contributed by atoms with Crippen LogP contribution in [0.2, 0.25) is 0 Å². The lowest BCUT2D eigenvalue weighted by Gasteiger charge is -2.11. The Morgan fingerprint density at radius 3 is 2.39 bits per heavy atom. The highest BCUT2D eigenvalue weighted by Crippen LogP contribution is 2.30. The number of benzene rings is 3. The van der Waals surface area contributed by atoms with Crippen LogP contribution in [-0.4, -0.2) is 17.1 Å². The molecule has 0 aliphatic carbocycles. The van der Waals surface area contributed by atoms with Crippen molar-refractivity contribution < 1.29 is 9.47 Å². The zero-order valence-corrected chi connectivity index (χ0v) is 15.4. The molecule has 0 unspecified atom stereocenters. The molecule has 0 amide bonds. The van der Waals surface area contributed by atoms with Gasteiger partial charge < -0.3 is 14.8 Å². The summed E-state index contributed by atoms with van der Waals surface area (Å²) >= 11 is 0. The van der Waals surface area contributed by atoms with Crippen LogP contribution in [0.1, 0.15) is 0 Å². The second kappa shape index (κ2) is 8.22. The Bertz CT molecular complexity index is 1070. The third-order valence-electron chi connectivity index (χ3n) is 4.14. The summed E-state index contributed by atoms with van der Waals surface area (Å²) < 4.78 is 11.3. The number of hydrogen-bond acceptors (Lipinski definition) is 5. The molecule has 1 heterocycles. The van der Waals surface area contributed by atoms with Gasteiger partial charge in [-0.15, -0.1) is 0 Å². The molecule has 0 aliphatic heterocycles. The highest BCUT2D eigenvalue weighted by atomic mass is 16.5. The van der Waals surface area contributed by atoms with Crippen molar-refractivity contribution >= 4 is 11.5 Å². The molecule has 0 bridgehead atoms. The summed E-state index contributed by atoms with van der Waals surface area (Å²) in [6, 6.07) is 27.1. The van der Waals surface area contributed by atoms with E-state index in [0.717, 1.165) is 34.2 Å². The summed E-state index contributed by atoms with van der Waals surface area (Å²) in [6.07, 6.45) is 1.54. The predicted molar refractivity (Wildman–Crippen MR) is 110 cm³/mol. The van der Waals surface area contributed by atoms with Gasteiger partial charge in [0.2, 0.25) is 0 Å². The molecule has 0 atom stereocenters. The smallest absolute Gasteiger partial charge is 0.134 e. The first kappa shape index (κ1) is 17.5. The fourth-order valence-corrected chi connectivity index (χ4v) is 2.84. The molecule has 0 spiro atoms. The van der Waals surface area contributed by atoms with Crippen LogP contribution < -0.4 is 14.8 Å². The Morgan fingerprint density at radius 2 is 1.54 bits per heavy atom. The summed E-state index contributed by atoms with van der Waals surface area (Å²) in [6.45, 7) is 0. The lowest BCUT2D eigenvalue weighted by molar-refractivity contribution is 0.416. The number of nitrogens with one attached hydrogen (secondary N) is 1. The standard InChI is InChI=1S/C23H19N3O2/c1-27-22-13-6-5-12-20(22)21-15-23(25-16-24-21)26-17-8-7-11-19(14-17)28-18-9-3-2-4-10-18/h2-16H,1H3,(H,24,25,26). The molecule has 0 radical (unpaired) electrons. The first-order chi connectivity index (χ1) is 13.8. The molecule has 0 fully saturated rings. The van der Waals surface area contributed by atoms with Gasteiger partial charge in [0.1, 0.15) is 29.4 Å². The molecule has 5 nitrogen and oxygen atoms in total. The third-order valence-corrected chi connectivity index (χ3v) is 4.14. The van der Waals surface area contributed by atoms with E-state index in [0.29, 0.717) is 5.82 Å². The van der Waals surface area contributed by atoms with Crippen molar-refractivity contribution in [2.24, 2.45) is 0 Å². The van der Waals surface area contributed by atoms with E-state index in [1.807, 2.05) is 84.9 Å². The van der Waals surface area contributed by atoms with Crippen molar-refractivity contribution in [3.63, 3.8) is 0 Å². The van der Waals surface area contributed by atoms with E-state index in [1.54, 1.807) is 7.11 Å². The topological polar surface area (TPSA) is 56.3 Å². The number of methoxy groups -OCH3 is 1. The van der Waals surface area contributed by atoms with Gasteiger partial charge in [0.25, 0.3) is 0 Å². The first-order valence-corrected chi connectivity index (χ1v) is 8.87. The van der Waals surface area contributed by atoms with Crippen LogP contribution in [0.3, 0.4) is 0 Å². The largest absolute Gasteiger partial charge is 0.496 e. The van der Waals surface area contributed by atoms with Gasteiger partial charge in [0.05, 0.1) is 12.8 Å². The lowest BCUT2D eigenvalue weighted by Crippen LogP contribution is -1.97. The van der Waals surface area contributed by atoms with Gasteiger partial charge in [-0.05, 0) is 36.4 Å². The van der Waals surface area contributed by atoms with Crippen LogP contribution in [-0.2, 0) is 0 Å². The van der Waals surface area contributed by atoms with Gasteiger partial charge in [0.15, 0.2) is 0 Å². The molecule has 4 aromatic rings. The second-order valence-electron chi connectivity index (χ2n) is 6.06. The highest BCUT2D eigenvalue weighted by molar-refractivity contribution is 5.70. The normalized spacial score (nSPS) is 10.3. The Balaban J connectivity index is 1.56. The zero-order chi connectivity index (χ0) is 19.2. The molecule has 4 rings (SSSR count). The molecule has 0 saturated carbocycles. The Labute approximate surface area is 163 Å².